The van der Waals surface area contributed by atoms with Crippen LogP contribution in [0.2, 0.25) is 0 Å². The van der Waals surface area contributed by atoms with Crippen molar-refractivity contribution in [1.82, 2.24) is 30.9 Å². The number of carboxylic acid groups (broad SMARTS) is 1. The Morgan fingerprint density at radius 3 is 2.37 bits per heavy atom. The molecule has 0 aliphatic heterocycles. The standard InChI is InChI=1S/C22H27N7O5S/c23-7-19(30)27-16(6-13-9-24-11-26-13)20(31)29-18(10-35)21(32)28-17(22(33)34)5-12-8-25-15-4-2-1-3-14(12)15/h1-4,8-9,11,16-18,25,35H,5-7,10,23H2,(H,24,26)(H,27,30)(H,28,32)(H,29,31)(H,33,34). The zero-order valence-electron chi connectivity index (χ0n) is 18.7. The highest BCUT2D eigenvalue weighted by Crippen LogP contribution is 2.19. The van der Waals surface area contributed by atoms with Gasteiger partial charge in [-0.1, -0.05) is 18.2 Å². The molecule has 0 aliphatic rings. The molecule has 0 bridgehead atoms. The van der Waals surface area contributed by atoms with Crippen LogP contribution in [0.25, 0.3) is 10.9 Å². The van der Waals surface area contributed by atoms with Gasteiger partial charge in [0, 0.05) is 47.6 Å². The Bertz CT molecular complexity index is 1180. The molecular weight excluding hydrogens is 474 g/mol. The van der Waals surface area contributed by atoms with E-state index >= 15 is 0 Å². The Morgan fingerprint density at radius 1 is 1.00 bits per heavy atom. The summed E-state index contributed by atoms with van der Waals surface area (Å²) in [5.41, 5.74) is 7.50. The molecule has 0 spiro atoms. The summed E-state index contributed by atoms with van der Waals surface area (Å²) >= 11 is 4.14. The third-order valence-corrected chi connectivity index (χ3v) is 5.71. The fourth-order valence-electron chi connectivity index (χ4n) is 3.54. The van der Waals surface area contributed by atoms with E-state index in [-0.39, 0.29) is 25.1 Å². The smallest absolute Gasteiger partial charge is 0.326 e. The number of para-hydroxylation sites is 1. The molecule has 12 nitrogen and oxygen atoms in total. The number of imidazole rings is 1. The van der Waals surface area contributed by atoms with Crippen LogP contribution < -0.4 is 21.7 Å². The van der Waals surface area contributed by atoms with Gasteiger partial charge in [0.15, 0.2) is 0 Å². The molecule has 13 heteroatoms. The highest BCUT2D eigenvalue weighted by Gasteiger charge is 2.29. The van der Waals surface area contributed by atoms with Crippen molar-refractivity contribution in [2.45, 2.75) is 31.0 Å². The first-order chi connectivity index (χ1) is 16.8. The Balaban J connectivity index is 1.68. The van der Waals surface area contributed by atoms with Gasteiger partial charge in [0.1, 0.15) is 18.1 Å². The maximum Gasteiger partial charge on any atom is 0.326 e. The number of hydrogen-bond acceptors (Lipinski definition) is 7. The highest BCUT2D eigenvalue weighted by atomic mass is 32.1. The lowest BCUT2D eigenvalue weighted by Crippen LogP contribution is -2.57. The number of carbonyl (C=O) groups is 4. The van der Waals surface area contributed by atoms with Crippen LogP contribution in [0.5, 0.6) is 0 Å². The molecule has 3 unspecified atom stereocenters. The lowest BCUT2D eigenvalue weighted by atomic mass is 10.0. The van der Waals surface area contributed by atoms with E-state index in [1.165, 1.54) is 12.5 Å². The molecule has 2 heterocycles. The molecule has 2 aromatic heterocycles. The van der Waals surface area contributed by atoms with Crippen LogP contribution in [0.4, 0.5) is 0 Å². The number of nitrogens with zero attached hydrogens (tertiary/aromatic N) is 1. The van der Waals surface area contributed by atoms with Gasteiger partial charge in [-0.15, -0.1) is 0 Å². The summed E-state index contributed by atoms with van der Waals surface area (Å²) in [6.07, 6.45) is 4.74. The Labute approximate surface area is 205 Å². The second kappa shape index (κ2) is 12.0. The second-order valence-corrected chi connectivity index (χ2v) is 8.18. The van der Waals surface area contributed by atoms with Gasteiger partial charge in [0.05, 0.1) is 12.9 Å². The number of hydrogen-bond donors (Lipinski definition) is 8. The molecule has 0 aliphatic carbocycles. The molecular formula is C22H27N7O5S. The van der Waals surface area contributed by atoms with E-state index in [2.05, 4.69) is 43.5 Å². The minimum Gasteiger partial charge on any atom is -0.480 e. The minimum atomic E-state index is -1.24. The number of benzene rings is 1. The maximum atomic E-state index is 12.9. The van der Waals surface area contributed by atoms with E-state index in [9.17, 15) is 24.3 Å². The number of nitrogens with one attached hydrogen (secondary N) is 5. The lowest BCUT2D eigenvalue weighted by molar-refractivity contribution is -0.142. The third-order valence-electron chi connectivity index (χ3n) is 5.35. The van der Waals surface area contributed by atoms with Gasteiger partial charge >= 0.3 is 5.97 Å². The van der Waals surface area contributed by atoms with E-state index in [0.717, 1.165) is 16.5 Å². The predicted molar refractivity (Wildman–Crippen MR) is 131 cm³/mol. The number of amides is 3. The Morgan fingerprint density at radius 2 is 1.71 bits per heavy atom. The van der Waals surface area contributed by atoms with Gasteiger partial charge in [-0.25, -0.2) is 9.78 Å². The molecule has 1 aromatic carbocycles. The van der Waals surface area contributed by atoms with Gasteiger partial charge in [-0.05, 0) is 11.6 Å². The second-order valence-electron chi connectivity index (χ2n) is 7.81. The summed E-state index contributed by atoms with van der Waals surface area (Å²) in [6.45, 7) is -0.322. The molecule has 186 valence electrons. The van der Waals surface area contributed by atoms with Crippen LogP contribution in [0.15, 0.2) is 43.0 Å². The SMILES string of the molecule is NCC(=O)NC(Cc1cnc[nH]1)C(=O)NC(CS)C(=O)NC(Cc1c[nH]c2ccccc12)C(=O)O. The summed E-state index contributed by atoms with van der Waals surface area (Å²) in [7, 11) is 0. The number of thiol groups is 1. The Kier molecular flexibility index (Phi) is 8.86. The van der Waals surface area contributed by atoms with Crippen molar-refractivity contribution >= 4 is 47.2 Å². The molecule has 3 amide bonds. The molecule has 0 saturated heterocycles. The first kappa shape index (κ1) is 25.8. The molecule has 3 atom stereocenters. The largest absolute Gasteiger partial charge is 0.480 e. The summed E-state index contributed by atoms with van der Waals surface area (Å²) < 4.78 is 0. The van der Waals surface area contributed by atoms with Gasteiger partial charge in [0.25, 0.3) is 0 Å². The summed E-state index contributed by atoms with van der Waals surface area (Å²) in [6, 6.07) is 3.99. The zero-order chi connectivity index (χ0) is 25.4. The van der Waals surface area contributed by atoms with Crippen molar-refractivity contribution in [3.8, 4) is 0 Å². The molecule has 3 rings (SSSR count). The zero-order valence-corrected chi connectivity index (χ0v) is 19.5. The van der Waals surface area contributed by atoms with E-state index in [1.807, 2.05) is 24.3 Å². The average molecular weight is 502 g/mol. The van der Waals surface area contributed by atoms with Crippen molar-refractivity contribution in [3.05, 3.63) is 54.2 Å². The van der Waals surface area contributed by atoms with Crippen LogP contribution >= 0.6 is 12.6 Å². The molecule has 8 N–H and O–H groups in total. The summed E-state index contributed by atoms with van der Waals surface area (Å²) in [5.74, 6) is -3.25. The van der Waals surface area contributed by atoms with Crippen molar-refractivity contribution in [1.29, 1.82) is 0 Å². The average Bonchev–Trinajstić information content (AvgIpc) is 3.51. The molecule has 35 heavy (non-hydrogen) atoms. The fraction of sp³-hybridized carbons (Fsp3) is 0.318. The highest BCUT2D eigenvalue weighted by molar-refractivity contribution is 7.80. The number of fused-ring (bicyclic) bond motifs is 1. The number of H-pyrrole nitrogens is 2. The van der Waals surface area contributed by atoms with E-state index in [0.29, 0.717) is 5.69 Å². The maximum absolute atomic E-state index is 12.9. The third kappa shape index (κ3) is 6.83. The van der Waals surface area contributed by atoms with E-state index in [4.69, 9.17) is 5.73 Å². The quantitative estimate of drug-likeness (QED) is 0.147. The van der Waals surface area contributed by atoms with Gasteiger partial charge in [-0.3, -0.25) is 14.4 Å². The molecule has 0 radical (unpaired) electrons. The number of rotatable bonds is 12. The fourth-order valence-corrected chi connectivity index (χ4v) is 3.80. The van der Waals surface area contributed by atoms with Crippen molar-refractivity contribution < 1.29 is 24.3 Å². The first-order valence-corrected chi connectivity index (χ1v) is 11.4. The molecule has 0 fully saturated rings. The Hall–Kier alpha value is -3.84. The minimum absolute atomic E-state index is 0.0351. The van der Waals surface area contributed by atoms with E-state index < -0.39 is 41.8 Å². The van der Waals surface area contributed by atoms with Crippen molar-refractivity contribution in [3.63, 3.8) is 0 Å². The van der Waals surface area contributed by atoms with Crippen LogP contribution in [0, 0.1) is 0 Å². The van der Waals surface area contributed by atoms with Crippen LogP contribution in [-0.2, 0) is 32.0 Å². The van der Waals surface area contributed by atoms with Crippen molar-refractivity contribution in [2.24, 2.45) is 5.73 Å². The van der Waals surface area contributed by atoms with Crippen molar-refractivity contribution in [2.75, 3.05) is 12.3 Å². The summed E-state index contributed by atoms with van der Waals surface area (Å²) in [5, 5.41) is 18.0. The van der Waals surface area contributed by atoms with E-state index in [1.54, 1.807) is 6.20 Å². The van der Waals surface area contributed by atoms with Gasteiger partial charge < -0.3 is 36.8 Å². The van der Waals surface area contributed by atoms with Crippen LogP contribution in [0.3, 0.4) is 0 Å². The molecule has 3 aromatic rings. The first-order valence-electron chi connectivity index (χ1n) is 10.8. The number of nitrogens with two attached hydrogens (primary N) is 1. The lowest BCUT2D eigenvalue weighted by Gasteiger charge is -2.23. The number of aromatic amines is 2. The van der Waals surface area contributed by atoms with Gasteiger partial charge in [0.2, 0.25) is 17.7 Å². The number of aromatic nitrogens is 3. The number of aliphatic carboxylic acids is 1. The predicted octanol–water partition coefficient (Wildman–Crippen LogP) is -0.896. The summed E-state index contributed by atoms with van der Waals surface area (Å²) in [4.78, 5) is 59.2. The topological polar surface area (TPSA) is 195 Å². The molecule has 0 saturated carbocycles. The monoisotopic (exact) mass is 501 g/mol. The van der Waals surface area contributed by atoms with Crippen LogP contribution in [0.1, 0.15) is 11.3 Å². The number of carboxylic acids is 1. The normalized spacial score (nSPS) is 13.5. The van der Waals surface area contributed by atoms with Crippen LogP contribution in [-0.4, -0.2) is 74.2 Å². The van der Waals surface area contributed by atoms with Gasteiger partial charge in [-0.2, -0.15) is 12.6 Å². The number of carbonyl (C=O) groups excluding carboxylic acids is 3.